The van der Waals surface area contributed by atoms with Gasteiger partial charge in [0.2, 0.25) is 0 Å². The molecular weight excluding hydrogens is 232 g/mol. The zero-order valence-electron chi connectivity index (χ0n) is 8.91. The van der Waals surface area contributed by atoms with Crippen molar-refractivity contribution in [1.82, 2.24) is 0 Å². The molecule has 0 heterocycles. The maximum Gasteiger partial charge on any atom is 0.338 e. The quantitative estimate of drug-likeness (QED) is 0.819. The van der Waals surface area contributed by atoms with Crippen LogP contribution in [0.2, 0.25) is 0 Å². The molecule has 1 N–H and O–H groups in total. The molecule has 90 valence electrons. The molecule has 0 fully saturated rings. The summed E-state index contributed by atoms with van der Waals surface area (Å²) in [7, 11) is 1.06. The lowest BCUT2D eigenvalue weighted by molar-refractivity contribution is 0.0588. The van der Waals surface area contributed by atoms with E-state index in [0.29, 0.717) is 0 Å². The van der Waals surface area contributed by atoms with Gasteiger partial charge in [-0.2, -0.15) is 5.26 Å². The first-order valence-electron chi connectivity index (χ1n) is 4.60. The molecular formula is C11H9F2NO3. The molecule has 0 saturated heterocycles. The van der Waals surface area contributed by atoms with Gasteiger partial charge in [-0.15, -0.1) is 0 Å². The fourth-order valence-corrected chi connectivity index (χ4v) is 1.48. The normalized spacial score (nSPS) is 10.1. The van der Waals surface area contributed by atoms with Gasteiger partial charge in [0.05, 0.1) is 30.9 Å². The number of nitrogens with zero attached hydrogens (tertiary/aromatic N) is 1. The molecule has 6 heteroatoms. The number of hydrogen-bond acceptors (Lipinski definition) is 4. The number of alkyl halides is 2. The molecule has 0 bridgehead atoms. The fourth-order valence-electron chi connectivity index (χ4n) is 1.48. The van der Waals surface area contributed by atoms with E-state index in [0.717, 1.165) is 13.2 Å². The second-order valence-electron chi connectivity index (χ2n) is 3.12. The molecule has 0 atom stereocenters. The predicted octanol–water partition coefficient (Wildman–Crippen LogP) is 1.77. The number of rotatable bonds is 3. The van der Waals surface area contributed by atoms with Crippen molar-refractivity contribution in [3.05, 3.63) is 34.4 Å². The number of benzene rings is 1. The number of nitriles is 1. The minimum atomic E-state index is -2.97. The highest BCUT2D eigenvalue weighted by atomic mass is 19.3. The molecule has 0 aromatic heterocycles. The largest absolute Gasteiger partial charge is 0.465 e. The van der Waals surface area contributed by atoms with Crippen LogP contribution in [0.3, 0.4) is 0 Å². The third-order valence-electron chi connectivity index (χ3n) is 2.26. The smallest absolute Gasteiger partial charge is 0.338 e. The summed E-state index contributed by atoms with van der Waals surface area (Å²) >= 11 is 0. The number of hydrogen-bond donors (Lipinski definition) is 1. The summed E-state index contributed by atoms with van der Waals surface area (Å²) in [6.45, 7) is -0.743. The minimum Gasteiger partial charge on any atom is -0.465 e. The highest BCUT2D eigenvalue weighted by molar-refractivity contribution is 5.91. The zero-order valence-corrected chi connectivity index (χ0v) is 8.91. The Hall–Kier alpha value is -2.00. The summed E-state index contributed by atoms with van der Waals surface area (Å²) in [5, 5.41) is 17.7. The van der Waals surface area contributed by atoms with Crippen molar-refractivity contribution in [3.8, 4) is 6.07 Å². The van der Waals surface area contributed by atoms with E-state index in [4.69, 9.17) is 10.4 Å². The summed E-state index contributed by atoms with van der Waals surface area (Å²) in [5.41, 5.74) is -1.33. The van der Waals surface area contributed by atoms with Crippen LogP contribution in [0.15, 0.2) is 12.1 Å². The number of esters is 1. The van der Waals surface area contributed by atoms with Crippen LogP contribution in [0.4, 0.5) is 8.78 Å². The van der Waals surface area contributed by atoms with Crippen molar-refractivity contribution in [1.29, 1.82) is 5.26 Å². The number of halogens is 2. The number of aliphatic hydroxyl groups excluding tert-OH is 1. The summed E-state index contributed by atoms with van der Waals surface area (Å²) in [6.07, 6.45) is -2.97. The van der Waals surface area contributed by atoms with Gasteiger partial charge in [-0.1, -0.05) is 0 Å². The van der Waals surface area contributed by atoms with E-state index in [1.165, 1.54) is 6.07 Å². The van der Waals surface area contributed by atoms with Gasteiger partial charge in [0.25, 0.3) is 6.43 Å². The number of methoxy groups -OCH3 is 1. The first-order valence-corrected chi connectivity index (χ1v) is 4.60. The van der Waals surface area contributed by atoms with Crippen molar-refractivity contribution in [2.24, 2.45) is 0 Å². The molecule has 1 rings (SSSR count). The van der Waals surface area contributed by atoms with Crippen LogP contribution in [0, 0.1) is 11.3 Å². The van der Waals surface area contributed by atoms with Crippen LogP contribution in [0.1, 0.15) is 33.5 Å². The molecule has 17 heavy (non-hydrogen) atoms. The topological polar surface area (TPSA) is 70.3 Å². The zero-order chi connectivity index (χ0) is 13.0. The Morgan fingerprint density at radius 1 is 1.59 bits per heavy atom. The molecule has 0 aliphatic carbocycles. The maximum absolute atomic E-state index is 12.9. The summed E-state index contributed by atoms with van der Waals surface area (Å²) < 4.78 is 30.1. The van der Waals surface area contributed by atoms with Crippen LogP contribution in [-0.4, -0.2) is 18.2 Å². The van der Waals surface area contributed by atoms with Gasteiger partial charge in [0.15, 0.2) is 0 Å². The molecule has 0 aliphatic heterocycles. The van der Waals surface area contributed by atoms with Crippen LogP contribution in [0.5, 0.6) is 0 Å². The Labute approximate surface area is 96.0 Å². The monoisotopic (exact) mass is 241 g/mol. The second-order valence-corrected chi connectivity index (χ2v) is 3.12. The predicted molar refractivity (Wildman–Crippen MR) is 53.4 cm³/mol. The van der Waals surface area contributed by atoms with E-state index in [1.807, 2.05) is 0 Å². The van der Waals surface area contributed by atoms with E-state index in [2.05, 4.69) is 4.74 Å². The molecule has 1 aromatic rings. The summed E-state index contributed by atoms with van der Waals surface area (Å²) in [6, 6.07) is 3.97. The lowest BCUT2D eigenvalue weighted by Crippen LogP contribution is -2.10. The van der Waals surface area contributed by atoms with Crippen molar-refractivity contribution < 1.29 is 23.4 Å². The van der Waals surface area contributed by atoms with E-state index in [-0.39, 0.29) is 16.7 Å². The average molecular weight is 241 g/mol. The van der Waals surface area contributed by atoms with Gasteiger partial charge < -0.3 is 9.84 Å². The lowest BCUT2D eigenvalue weighted by atomic mass is 9.97. The maximum atomic E-state index is 12.9. The third kappa shape index (κ3) is 2.40. The van der Waals surface area contributed by atoms with E-state index in [1.54, 1.807) is 6.07 Å². The van der Waals surface area contributed by atoms with Gasteiger partial charge in [-0.3, -0.25) is 0 Å². The minimum absolute atomic E-state index is 0.0875. The third-order valence-corrected chi connectivity index (χ3v) is 2.26. The Kier molecular flexibility index (Phi) is 4.12. The molecule has 4 nitrogen and oxygen atoms in total. The number of carbonyl (C=O) groups excluding carboxylic acids is 1. The second kappa shape index (κ2) is 5.37. The summed E-state index contributed by atoms with van der Waals surface area (Å²) in [5.74, 6) is -0.931. The van der Waals surface area contributed by atoms with Crippen LogP contribution in [0.25, 0.3) is 0 Å². The molecule has 1 aromatic carbocycles. The van der Waals surface area contributed by atoms with Crippen molar-refractivity contribution >= 4 is 5.97 Å². The number of ether oxygens (including phenoxy) is 1. The standard InChI is InChI=1S/C11H9F2NO3/c1-17-11(16)7-3-2-6(4-14)8(5-15)9(7)10(12)13/h2-3,10,15H,5H2,1H3. The van der Waals surface area contributed by atoms with Crippen LogP contribution >= 0.6 is 0 Å². The highest BCUT2D eigenvalue weighted by Gasteiger charge is 2.24. The molecule has 0 radical (unpaired) electrons. The Balaban J connectivity index is 3.54. The van der Waals surface area contributed by atoms with Gasteiger partial charge >= 0.3 is 5.97 Å². The molecule has 0 saturated carbocycles. The highest BCUT2D eigenvalue weighted by Crippen LogP contribution is 2.29. The Bertz CT molecular complexity index is 480. The molecule has 0 aliphatic rings. The van der Waals surface area contributed by atoms with Gasteiger partial charge in [0, 0.05) is 11.1 Å². The Morgan fingerprint density at radius 2 is 2.24 bits per heavy atom. The van der Waals surface area contributed by atoms with Gasteiger partial charge in [-0.25, -0.2) is 13.6 Å². The first kappa shape index (κ1) is 13.1. The van der Waals surface area contributed by atoms with E-state index in [9.17, 15) is 13.6 Å². The molecule has 0 spiro atoms. The molecule has 0 unspecified atom stereocenters. The summed E-state index contributed by atoms with van der Waals surface area (Å²) in [4.78, 5) is 11.3. The molecule has 0 amide bonds. The average Bonchev–Trinajstić information content (AvgIpc) is 2.35. The number of carbonyl (C=O) groups is 1. The van der Waals surface area contributed by atoms with E-state index < -0.39 is 24.6 Å². The first-order chi connectivity index (χ1) is 8.06. The van der Waals surface area contributed by atoms with Crippen molar-refractivity contribution in [2.75, 3.05) is 7.11 Å². The lowest BCUT2D eigenvalue weighted by Gasteiger charge is -2.12. The van der Waals surface area contributed by atoms with Crippen LogP contribution < -0.4 is 0 Å². The van der Waals surface area contributed by atoms with Crippen molar-refractivity contribution in [3.63, 3.8) is 0 Å². The Morgan fingerprint density at radius 3 is 2.65 bits per heavy atom. The van der Waals surface area contributed by atoms with E-state index >= 15 is 0 Å². The SMILES string of the molecule is COC(=O)c1ccc(C#N)c(CO)c1C(F)F. The van der Waals surface area contributed by atoms with Crippen LogP contribution in [-0.2, 0) is 11.3 Å². The fraction of sp³-hybridized carbons (Fsp3) is 0.273. The van der Waals surface area contributed by atoms with Gasteiger partial charge in [0.1, 0.15) is 0 Å². The van der Waals surface area contributed by atoms with Crippen molar-refractivity contribution in [2.45, 2.75) is 13.0 Å². The van der Waals surface area contributed by atoms with Gasteiger partial charge in [-0.05, 0) is 12.1 Å². The number of aliphatic hydroxyl groups is 1.